The molecule has 1 saturated heterocycles. The molecule has 2 aromatic rings. The van der Waals surface area contributed by atoms with Gasteiger partial charge in [-0.05, 0) is 30.0 Å². The monoisotopic (exact) mass is 363 g/mol. The Balaban J connectivity index is 1.30. The Kier molecular flexibility index (Phi) is 3.69. The number of ketones is 1. The van der Waals surface area contributed by atoms with E-state index in [1.807, 2.05) is 0 Å². The van der Waals surface area contributed by atoms with E-state index in [-0.39, 0.29) is 5.78 Å². The molecule has 5 heteroatoms. The number of hydrogen-bond acceptors (Lipinski definition) is 5. The number of carbonyl (C=O) groups excluding carboxylic acids is 1. The lowest BCUT2D eigenvalue weighted by molar-refractivity contribution is -0.0177. The number of Topliss-reactive ketones (excluding diaryl/α,β-unsaturated/α-hetero) is 1. The van der Waals surface area contributed by atoms with Crippen LogP contribution in [-0.4, -0.2) is 35.4 Å². The van der Waals surface area contributed by atoms with Crippen molar-refractivity contribution in [2.75, 3.05) is 24.6 Å². The first-order chi connectivity index (χ1) is 13.0. The van der Waals surface area contributed by atoms with E-state index in [0.29, 0.717) is 35.2 Å². The molecule has 3 aliphatic rings. The third-order valence-electron chi connectivity index (χ3n) is 6.55. The number of hydrogen-bond donors (Lipinski definition) is 2. The molecule has 0 unspecified atom stereocenters. The fraction of sp³-hybridized carbons (Fsp3) is 0.409. The average molecular weight is 363 g/mol. The van der Waals surface area contributed by atoms with Crippen molar-refractivity contribution in [2.24, 2.45) is 0 Å². The average Bonchev–Trinajstić information content (AvgIpc) is 3.08. The number of nitrogens with two attached hydrogens (primary N) is 2. The molecule has 0 saturated carbocycles. The Labute approximate surface area is 159 Å². The van der Waals surface area contributed by atoms with Crippen LogP contribution in [0.25, 0.3) is 0 Å². The fourth-order valence-electron chi connectivity index (χ4n) is 4.94. The molecule has 0 radical (unpaired) electrons. The van der Waals surface area contributed by atoms with Crippen molar-refractivity contribution in [3.05, 3.63) is 53.1 Å². The van der Waals surface area contributed by atoms with Crippen molar-refractivity contribution in [1.29, 1.82) is 0 Å². The number of nitrogen functional groups attached to an aromatic ring is 2. The smallest absolute Gasteiger partial charge is 0.170 e. The van der Waals surface area contributed by atoms with E-state index in [2.05, 4.69) is 29.2 Å². The van der Waals surface area contributed by atoms with Gasteiger partial charge in [-0.2, -0.15) is 0 Å². The van der Waals surface area contributed by atoms with Crippen molar-refractivity contribution in [2.45, 2.75) is 43.7 Å². The van der Waals surface area contributed by atoms with Crippen LogP contribution in [0.4, 0.5) is 11.4 Å². The minimum atomic E-state index is -0.394. The Morgan fingerprint density at radius 3 is 2.30 bits per heavy atom. The van der Waals surface area contributed by atoms with E-state index in [9.17, 15) is 4.79 Å². The van der Waals surface area contributed by atoms with Gasteiger partial charge >= 0.3 is 0 Å². The van der Waals surface area contributed by atoms with E-state index in [0.717, 1.165) is 38.8 Å². The number of piperidine rings is 1. The molecule has 0 bridgehead atoms. The molecule has 0 atom stereocenters. The van der Waals surface area contributed by atoms with Crippen LogP contribution in [0.3, 0.4) is 0 Å². The molecule has 4 N–H and O–H groups in total. The summed E-state index contributed by atoms with van der Waals surface area (Å²) in [5.74, 6) is 0.712. The van der Waals surface area contributed by atoms with E-state index < -0.39 is 5.60 Å². The third kappa shape index (κ3) is 2.77. The Hall–Kier alpha value is -2.53. The number of nitrogens with zero attached hydrogens (tertiary/aromatic N) is 1. The highest BCUT2D eigenvalue weighted by molar-refractivity contribution is 6.02. The lowest BCUT2D eigenvalue weighted by atomic mass is 9.82. The molecule has 27 heavy (non-hydrogen) atoms. The number of anilines is 2. The van der Waals surface area contributed by atoms with Crippen LogP contribution >= 0.6 is 0 Å². The van der Waals surface area contributed by atoms with Crippen LogP contribution in [0.1, 0.15) is 40.7 Å². The van der Waals surface area contributed by atoms with Gasteiger partial charge in [0.1, 0.15) is 11.4 Å². The number of likely N-dealkylation sites (tertiary alicyclic amines) is 1. The molecule has 5 nitrogen and oxygen atoms in total. The molecule has 2 aliphatic heterocycles. The number of fused-ring (bicyclic) bond motifs is 2. The molecule has 140 valence electrons. The fourth-order valence-corrected chi connectivity index (χ4v) is 4.94. The Morgan fingerprint density at radius 2 is 1.63 bits per heavy atom. The first-order valence-corrected chi connectivity index (χ1v) is 9.75. The Morgan fingerprint density at radius 1 is 1.00 bits per heavy atom. The summed E-state index contributed by atoms with van der Waals surface area (Å²) in [5, 5.41) is 0. The number of ether oxygens (including phenoxy) is 1. The standard InChI is InChI=1S/C22H25N3O2/c23-18-11-17-20(26)13-22(27-21(17)12-19(18)24)5-7-25(8-6-22)16-9-14-3-1-2-4-15(14)10-16/h1-4,11-12,16H,5-10,13,23-24H2. The zero-order chi connectivity index (χ0) is 18.6. The quantitative estimate of drug-likeness (QED) is 0.762. The Bertz CT molecular complexity index is 891. The summed E-state index contributed by atoms with van der Waals surface area (Å²) in [6.07, 6.45) is 4.43. The largest absolute Gasteiger partial charge is 0.486 e. The molecule has 0 amide bonds. The summed E-state index contributed by atoms with van der Waals surface area (Å²) >= 11 is 0. The first-order valence-electron chi connectivity index (χ1n) is 9.75. The van der Waals surface area contributed by atoms with Gasteiger partial charge in [0.05, 0.1) is 23.4 Å². The molecule has 0 aromatic heterocycles. The van der Waals surface area contributed by atoms with Gasteiger partial charge in [-0.1, -0.05) is 24.3 Å². The minimum absolute atomic E-state index is 0.115. The maximum Gasteiger partial charge on any atom is 0.170 e. The molecular weight excluding hydrogens is 338 g/mol. The summed E-state index contributed by atoms with van der Waals surface area (Å²) in [6, 6.07) is 12.7. The SMILES string of the molecule is Nc1cc2c(cc1N)C(=O)CC1(CCN(C3Cc4ccccc4C3)CC1)O2. The van der Waals surface area contributed by atoms with Gasteiger partial charge in [0, 0.05) is 38.0 Å². The summed E-state index contributed by atoms with van der Waals surface area (Å²) in [7, 11) is 0. The van der Waals surface area contributed by atoms with E-state index >= 15 is 0 Å². The lowest BCUT2D eigenvalue weighted by Crippen LogP contribution is -2.53. The highest BCUT2D eigenvalue weighted by Crippen LogP contribution is 2.42. The maximum absolute atomic E-state index is 12.7. The normalized spacial score (nSPS) is 21.7. The van der Waals surface area contributed by atoms with Crippen molar-refractivity contribution < 1.29 is 9.53 Å². The zero-order valence-corrected chi connectivity index (χ0v) is 15.4. The minimum Gasteiger partial charge on any atom is -0.486 e. The van der Waals surface area contributed by atoms with Gasteiger partial charge in [0.25, 0.3) is 0 Å². The summed E-state index contributed by atoms with van der Waals surface area (Å²) in [5.41, 5.74) is 15.8. The second-order valence-electron chi connectivity index (χ2n) is 8.23. The van der Waals surface area contributed by atoms with Crippen LogP contribution in [0.5, 0.6) is 5.75 Å². The lowest BCUT2D eigenvalue weighted by Gasteiger charge is -2.45. The summed E-state index contributed by atoms with van der Waals surface area (Å²) in [6.45, 7) is 1.93. The zero-order valence-electron chi connectivity index (χ0n) is 15.4. The second kappa shape index (κ2) is 5.99. The van der Waals surface area contributed by atoms with Gasteiger partial charge in [-0.25, -0.2) is 0 Å². The molecular formula is C22H25N3O2. The van der Waals surface area contributed by atoms with Crippen molar-refractivity contribution in [1.82, 2.24) is 4.90 Å². The molecule has 2 aromatic carbocycles. The summed E-state index contributed by atoms with van der Waals surface area (Å²) < 4.78 is 6.36. The molecule has 2 heterocycles. The van der Waals surface area contributed by atoms with Gasteiger partial charge in [-0.3, -0.25) is 9.69 Å². The van der Waals surface area contributed by atoms with Crippen molar-refractivity contribution >= 4 is 17.2 Å². The van der Waals surface area contributed by atoms with Gasteiger partial charge in [0.2, 0.25) is 0 Å². The van der Waals surface area contributed by atoms with Gasteiger partial charge < -0.3 is 16.2 Å². The van der Waals surface area contributed by atoms with Crippen LogP contribution in [0, 0.1) is 0 Å². The van der Waals surface area contributed by atoms with E-state index in [1.54, 1.807) is 12.1 Å². The number of carbonyl (C=O) groups is 1. The number of rotatable bonds is 1. The maximum atomic E-state index is 12.7. The number of benzene rings is 2. The van der Waals surface area contributed by atoms with Crippen LogP contribution < -0.4 is 16.2 Å². The van der Waals surface area contributed by atoms with E-state index in [1.165, 1.54) is 11.1 Å². The van der Waals surface area contributed by atoms with Gasteiger partial charge in [-0.15, -0.1) is 0 Å². The second-order valence-corrected chi connectivity index (χ2v) is 8.23. The molecule has 1 fully saturated rings. The van der Waals surface area contributed by atoms with E-state index in [4.69, 9.17) is 16.2 Å². The predicted molar refractivity (Wildman–Crippen MR) is 106 cm³/mol. The highest BCUT2D eigenvalue weighted by atomic mass is 16.5. The highest BCUT2D eigenvalue weighted by Gasteiger charge is 2.44. The van der Waals surface area contributed by atoms with Crippen LogP contribution in [0.2, 0.25) is 0 Å². The molecule has 1 spiro atoms. The van der Waals surface area contributed by atoms with Crippen molar-refractivity contribution in [3.8, 4) is 5.75 Å². The molecule has 1 aliphatic carbocycles. The third-order valence-corrected chi connectivity index (χ3v) is 6.55. The van der Waals surface area contributed by atoms with Crippen LogP contribution in [-0.2, 0) is 12.8 Å². The van der Waals surface area contributed by atoms with Crippen molar-refractivity contribution in [3.63, 3.8) is 0 Å². The predicted octanol–water partition coefficient (Wildman–Crippen LogP) is 2.82. The summed E-state index contributed by atoms with van der Waals surface area (Å²) in [4.78, 5) is 15.3. The van der Waals surface area contributed by atoms with Crippen LogP contribution in [0.15, 0.2) is 36.4 Å². The topological polar surface area (TPSA) is 81.6 Å². The molecule has 5 rings (SSSR count). The first kappa shape index (κ1) is 16.6. The van der Waals surface area contributed by atoms with Gasteiger partial charge in [0.15, 0.2) is 5.78 Å².